The third-order valence-electron chi connectivity index (χ3n) is 6.35. The van der Waals surface area contributed by atoms with Crippen LogP contribution in [0.4, 0.5) is 43.4 Å². The Morgan fingerprint density at radius 2 is 1.60 bits per heavy atom. The molecule has 4 rings (SSSR count). The lowest BCUT2D eigenvalue weighted by Gasteiger charge is -2.13. The van der Waals surface area contributed by atoms with E-state index in [-0.39, 0.29) is 21.8 Å². The molecule has 2 atom stereocenters. The number of nitrogens with one attached hydrogen (secondary N) is 3. The number of rotatable bonds is 8. The fourth-order valence-electron chi connectivity index (χ4n) is 4.28. The minimum absolute atomic E-state index is 0.0171. The number of carbonyl (C=O) groups excluding carboxylic acids is 3. The summed E-state index contributed by atoms with van der Waals surface area (Å²) in [7, 11) is 1.20. The lowest BCUT2D eigenvalue weighted by Crippen LogP contribution is -2.20. The molecule has 0 radical (unpaired) electrons. The van der Waals surface area contributed by atoms with Crippen molar-refractivity contribution in [3.63, 3.8) is 0 Å². The summed E-state index contributed by atoms with van der Waals surface area (Å²) < 4.78 is 85.1. The van der Waals surface area contributed by atoms with Crippen LogP contribution in [0, 0.1) is 23.4 Å². The van der Waals surface area contributed by atoms with Gasteiger partial charge in [-0.2, -0.15) is 13.2 Å². The number of alkyl halides is 5. The van der Waals surface area contributed by atoms with E-state index in [1.807, 2.05) is 5.32 Å². The van der Waals surface area contributed by atoms with Crippen LogP contribution in [0.5, 0.6) is 0 Å². The van der Waals surface area contributed by atoms with Crippen LogP contribution < -0.4 is 16.0 Å². The fraction of sp³-hybridized carbons (Fsp3) is 0.222. The van der Waals surface area contributed by atoms with Crippen LogP contribution >= 0.6 is 34.8 Å². The number of hydrogen-bond donors (Lipinski definition) is 3. The van der Waals surface area contributed by atoms with Gasteiger partial charge in [0.2, 0.25) is 5.91 Å². The second-order valence-electron chi connectivity index (χ2n) is 9.27. The van der Waals surface area contributed by atoms with Gasteiger partial charge in [0, 0.05) is 18.7 Å². The second-order valence-corrected chi connectivity index (χ2v) is 11.1. The molecule has 1 aliphatic rings. The van der Waals surface area contributed by atoms with E-state index in [0.29, 0.717) is 12.1 Å². The Morgan fingerprint density at radius 3 is 2.26 bits per heavy atom. The number of ether oxygens (including phenoxy) is 1. The second kappa shape index (κ2) is 12.2. The molecule has 16 heteroatoms. The first kappa shape index (κ1) is 32.4. The van der Waals surface area contributed by atoms with Gasteiger partial charge < -0.3 is 20.7 Å². The molecule has 7 nitrogen and oxygen atoms in total. The van der Waals surface area contributed by atoms with Gasteiger partial charge in [0.25, 0.3) is 11.8 Å². The highest BCUT2D eigenvalue weighted by Crippen LogP contribution is 2.65. The topological polar surface area (TPSA) is 96.5 Å². The summed E-state index contributed by atoms with van der Waals surface area (Å²) in [6.07, 6.45) is -5.00. The molecule has 3 amide bonds. The molecule has 0 bridgehead atoms. The van der Waals surface area contributed by atoms with Gasteiger partial charge in [-0.25, -0.2) is 13.2 Å². The average molecular weight is 669 g/mol. The minimum Gasteiger partial charge on any atom is -0.375 e. The first-order chi connectivity index (χ1) is 20.1. The molecular formula is C27H18Cl3F6N3O4. The fourth-order valence-corrected chi connectivity index (χ4v) is 5.31. The van der Waals surface area contributed by atoms with Crippen molar-refractivity contribution in [2.45, 2.75) is 16.4 Å². The molecule has 0 saturated heterocycles. The van der Waals surface area contributed by atoms with Gasteiger partial charge >= 0.3 is 6.18 Å². The summed E-state index contributed by atoms with van der Waals surface area (Å²) in [5, 5.41) is 6.49. The SMILES string of the molecule is COCC(=O)Nc1c(F)ccc(NC(=O)c2cc(NC(=O)C3[C@H](c4ccc(F)c(C(F)(F)F)c4)C3(Cl)Cl)ccc2Cl)c1F. The number of benzene rings is 3. The summed E-state index contributed by atoms with van der Waals surface area (Å²) in [6.45, 7) is -0.488. The van der Waals surface area contributed by atoms with Crippen molar-refractivity contribution >= 4 is 69.6 Å². The number of hydrogen-bond acceptors (Lipinski definition) is 4. The van der Waals surface area contributed by atoms with E-state index < -0.39 is 81.1 Å². The summed E-state index contributed by atoms with van der Waals surface area (Å²) in [5.41, 5.74) is -3.30. The van der Waals surface area contributed by atoms with Crippen LogP contribution in [-0.2, 0) is 20.5 Å². The zero-order chi connectivity index (χ0) is 31.9. The number of halogens is 9. The molecule has 0 heterocycles. The molecule has 1 aliphatic carbocycles. The minimum atomic E-state index is -5.00. The Balaban J connectivity index is 1.52. The van der Waals surface area contributed by atoms with E-state index in [4.69, 9.17) is 34.8 Å². The maximum absolute atomic E-state index is 14.9. The molecule has 1 fully saturated rings. The van der Waals surface area contributed by atoms with Gasteiger partial charge in [0.1, 0.15) is 28.3 Å². The number of carbonyl (C=O) groups is 3. The van der Waals surface area contributed by atoms with E-state index in [1.165, 1.54) is 19.2 Å². The van der Waals surface area contributed by atoms with Crippen LogP contribution in [-0.4, -0.2) is 35.8 Å². The van der Waals surface area contributed by atoms with Crippen molar-refractivity contribution in [2.24, 2.45) is 5.92 Å². The van der Waals surface area contributed by atoms with Gasteiger partial charge in [-0.15, -0.1) is 23.2 Å². The summed E-state index contributed by atoms with van der Waals surface area (Å²) in [6, 6.07) is 7.49. The smallest absolute Gasteiger partial charge is 0.375 e. The Kier molecular flexibility index (Phi) is 9.21. The average Bonchev–Trinajstić information content (AvgIpc) is 3.50. The Morgan fingerprint density at radius 1 is 0.930 bits per heavy atom. The molecule has 1 unspecified atom stereocenters. The molecule has 3 N–H and O–H groups in total. The van der Waals surface area contributed by atoms with Gasteiger partial charge in [0.05, 0.1) is 27.8 Å². The summed E-state index contributed by atoms with van der Waals surface area (Å²) >= 11 is 18.5. The van der Waals surface area contributed by atoms with E-state index in [0.717, 1.165) is 24.3 Å². The molecule has 3 aromatic rings. The molecule has 43 heavy (non-hydrogen) atoms. The largest absolute Gasteiger partial charge is 0.419 e. The molecule has 1 saturated carbocycles. The lowest BCUT2D eigenvalue weighted by molar-refractivity contribution is -0.140. The summed E-state index contributed by atoms with van der Waals surface area (Å²) in [4.78, 5) is 37.6. The first-order valence-electron chi connectivity index (χ1n) is 12.0. The molecule has 0 aromatic heterocycles. The van der Waals surface area contributed by atoms with Crippen LogP contribution in [0.3, 0.4) is 0 Å². The third kappa shape index (κ3) is 6.85. The van der Waals surface area contributed by atoms with Crippen LogP contribution in [0.15, 0.2) is 48.5 Å². The van der Waals surface area contributed by atoms with Crippen LogP contribution in [0.2, 0.25) is 5.02 Å². The number of methoxy groups -OCH3 is 1. The van der Waals surface area contributed by atoms with Crippen LogP contribution in [0.25, 0.3) is 0 Å². The number of anilines is 3. The van der Waals surface area contributed by atoms with Crippen molar-refractivity contribution in [1.82, 2.24) is 0 Å². The van der Waals surface area contributed by atoms with Crippen molar-refractivity contribution in [3.05, 3.63) is 87.7 Å². The van der Waals surface area contributed by atoms with Crippen molar-refractivity contribution in [1.29, 1.82) is 0 Å². The van der Waals surface area contributed by atoms with Crippen molar-refractivity contribution in [3.8, 4) is 0 Å². The van der Waals surface area contributed by atoms with Gasteiger partial charge in [0.15, 0.2) is 5.82 Å². The summed E-state index contributed by atoms with van der Waals surface area (Å²) in [5.74, 6) is -8.97. The highest BCUT2D eigenvalue weighted by Gasteiger charge is 2.67. The lowest BCUT2D eigenvalue weighted by atomic mass is 10.0. The van der Waals surface area contributed by atoms with Gasteiger partial charge in [-0.1, -0.05) is 17.7 Å². The molecular weight excluding hydrogens is 651 g/mol. The zero-order valence-corrected chi connectivity index (χ0v) is 23.8. The third-order valence-corrected chi connectivity index (χ3v) is 7.62. The normalized spacial score (nSPS) is 17.3. The van der Waals surface area contributed by atoms with Crippen molar-refractivity contribution < 1.29 is 45.5 Å². The quantitative estimate of drug-likeness (QED) is 0.176. The predicted molar refractivity (Wildman–Crippen MR) is 147 cm³/mol. The van der Waals surface area contributed by atoms with E-state index >= 15 is 0 Å². The Labute approximate surface area is 254 Å². The van der Waals surface area contributed by atoms with E-state index in [2.05, 4.69) is 15.4 Å². The van der Waals surface area contributed by atoms with Crippen LogP contribution in [0.1, 0.15) is 27.4 Å². The standard InChI is InChI=1S/C27H18Cl3F6N3O4/c1-43-10-19(40)39-23-17(32)6-7-18(22(23)33)38-24(41)13-9-12(3-4-15(13)28)37-25(42)21-20(26(21,29)30)11-2-5-16(31)14(8-11)27(34,35)36/h2-9,20-21H,10H2,1H3,(H,37,42)(H,38,41)(H,39,40)/t20-,21?/m0/s1. The maximum Gasteiger partial charge on any atom is 0.419 e. The van der Waals surface area contributed by atoms with E-state index in [1.54, 1.807) is 0 Å². The predicted octanol–water partition coefficient (Wildman–Crippen LogP) is 7.14. The molecule has 228 valence electrons. The van der Waals surface area contributed by atoms with E-state index in [9.17, 15) is 40.7 Å². The Bertz CT molecular complexity index is 1620. The molecule has 3 aromatic carbocycles. The highest BCUT2D eigenvalue weighted by atomic mass is 35.5. The highest BCUT2D eigenvalue weighted by molar-refractivity contribution is 6.53. The Hall–Kier alpha value is -3.52. The monoisotopic (exact) mass is 667 g/mol. The number of amides is 3. The van der Waals surface area contributed by atoms with Crippen molar-refractivity contribution in [2.75, 3.05) is 29.7 Å². The van der Waals surface area contributed by atoms with Gasteiger partial charge in [-0.05, 0) is 48.0 Å². The first-order valence-corrected chi connectivity index (χ1v) is 13.1. The van der Waals surface area contributed by atoms with Gasteiger partial charge in [-0.3, -0.25) is 14.4 Å². The molecule has 0 aliphatic heterocycles. The zero-order valence-electron chi connectivity index (χ0n) is 21.5. The molecule has 0 spiro atoms. The maximum atomic E-state index is 14.9.